The monoisotopic (exact) mass is 322 g/mol. The molecule has 0 bridgehead atoms. The molecule has 1 aliphatic carbocycles. The van der Waals surface area contributed by atoms with E-state index < -0.39 is 0 Å². The van der Waals surface area contributed by atoms with Crippen LogP contribution in [-0.2, 0) is 11.2 Å². The topological polar surface area (TPSA) is 43.8 Å². The van der Waals surface area contributed by atoms with Crippen molar-refractivity contribution in [1.29, 1.82) is 0 Å². The molecule has 5 heteroatoms. The van der Waals surface area contributed by atoms with Gasteiger partial charge in [0.1, 0.15) is 0 Å². The number of aliphatic hydroxyl groups excluding tert-OH is 1. The third-order valence-electron chi connectivity index (χ3n) is 4.88. The van der Waals surface area contributed by atoms with E-state index in [2.05, 4.69) is 4.90 Å². The quantitative estimate of drug-likeness (QED) is 0.925. The number of nitrogens with zero attached hydrogens (tertiary/aromatic N) is 2. The minimum Gasteiger partial charge on any atom is -0.391 e. The molecule has 1 heterocycles. The number of benzene rings is 1. The first-order chi connectivity index (χ1) is 10.6. The van der Waals surface area contributed by atoms with E-state index in [4.69, 9.17) is 11.6 Å². The Morgan fingerprint density at radius 3 is 2.55 bits per heavy atom. The molecule has 22 heavy (non-hydrogen) atoms. The lowest BCUT2D eigenvalue weighted by atomic mass is 10.1. The molecule has 2 fully saturated rings. The van der Waals surface area contributed by atoms with Crippen molar-refractivity contribution in [3.8, 4) is 0 Å². The van der Waals surface area contributed by atoms with Crippen LogP contribution in [0.3, 0.4) is 0 Å². The van der Waals surface area contributed by atoms with E-state index in [1.54, 1.807) is 0 Å². The largest absolute Gasteiger partial charge is 0.391 e. The standard InChI is InChI=1S/C17H23ClN2O2/c18-14-5-2-1-4-13(14)12-17(22)20-10-8-19(9-11-20)15-6-3-7-16(15)21/h1-2,4-5,15-16,21H,3,6-12H2. The van der Waals surface area contributed by atoms with Crippen LogP contribution in [0.5, 0.6) is 0 Å². The molecule has 0 radical (unpaired) electrons. The maximum absolute atomic E-state index is 12.4. The number of halogens is 1. The van der Waals surface area contributed by atoms with E-state index in [0.717, 1.165) is 51.0 Å². The van der Waals surface area contributed by atoms with Crippen LogP contribution < -0.4 is 0 Å². The lowest BCUT2D eigenvalue weighted by Gasteiger charge is -2.39. The summed E-state index contributed by atoms with van der Waals surface area (Å²) in [6.07, 6.45) is 3.28. The fourth-order valence-electron chi connectivity index (χ4n) is 3.57. The first-order valence-corrected chi connectivity index (χ1v) is 8.46. The molecule has 1 aromatic rings. The summed E-state index contributed by atoms with van der Waals surface area (Å²) in [5.74, 6) is 0.139. The molecule has 0 aromatic heterocycles. The smallest absolute Gasteiger partial charge is 0.227 e. The molecule has 4 nitrogen and oxygen atoms in total. The van der Waals surface area contributed by atoms with Crippen molar-refractivity contribution in [3.63, 3.8) is 0 Å². The van der Waals surface area contributed by atoms with Gasteiger partial charge in [-0.25, -0.2) is 0 Å². The fraction of sp³-hybridized carbons (Fsp3) is 0.588. The van der Waals surface area contributed by atoms with Crippen molar-refractivity contribution in [1.82, 2.24) is 9.80 Å². The van der Waals surface area contributed by atoms with Crippen molar-refractivity contribution in [3.05, 3.63) is 34.9 Å². The van der Waals surface area contributed by atoms with Gasteiger partial charge < -0.3 is 10.0 Å². The van der Waals surface area contributed by atoms with Gasteiger partial charge in [-0.2, -0.15) is 0 Å². The summed E-state index contributed by atoms with van der Waals surface area (Å²) in [6.45, 7) is 3.20. The highest BCUT2D eigenvalue weighted by molar-refractivity contribution is 6.31. The second kappa shape index (κ2) is 6.99. The van der Waals surface area contributed by atoms with Crippen LogP contribution in [0.4, 0.5) is 0 Å². The number of piperazine rings is 1. The Kier molecular flexibility index (Phi) is 5.01. The molecule has 1 saturated carbocycles. The first kappa shape index (κ1) is 15.8. The summed E-state index contributed by atoms with van der Waals surface area (Å²) in [6, 6.07) is 7.81. The van der Waals surface area contributed by atoms with Gasteiger partial charge in [-0.3, -0.25) is 9.69 Å². The third kappa shape index (κ3) is 3.45. The van der Waals surface area contributed by atoms with Gasteiger partial charge in [0.2, 0.25) is 5.91 Å². The van der Waals surface area contributed by atoms with E-state index in [1.165, 1.54) is 0 Å². The SMILES string of the molecule is O=C(Cc1ccccc1Cl)N1CCN(C2CCCC2O)CC1. The molecular weight excluding hydrogens is 300 g/mol. The number of aliphatic hydroxyl groups is 1. The second-order valence-electron chi connectivity index (χ2n) is 6.25. The summed E-state index contributed by atoms with van der Waals surface area (Å²) in [5.41, 5.74) is 0.891. The lowest BCUT2D eigenvalue weighted by Crippen LogP contribution is -2.53. The third-order valence-corrected chi connectivity index (χ3v) is 5.25. The zero-order valence-corrected chi connectivity index (χ0v) is 13.5. The molecule has 1 aliphatic heterocycles. The van der Waals surface area contributed by atoms with E-state index in [9.17, 15) is 9.90 Å². The summed E-state index contributed by atoms with van der Waals surface area (Å²) < 4.78 is 0. The number of carbonyl (C=O) groups excluding carboxylic acids is 1. The van der Waals surface area contributed by atoms with Crippen LogP contribution in [0.15, 0.2) is 24.3 Å². The summed E-state index contributed by atoms with van der Waals surface area (Å²) in [5, 5.41) is 10.7. The van der Waals surface area contributed by atoms with E-state index in [1.807, 2.05) is 29.2 Å². The first-order valence-electron chi connectivity index (χ1n) is 8.08. The maximum atomic E-state index is 12.4. The molecule has 2 aliphatic rings. The molecule has 0 spiro atoms. The number of carbonyl (C=O) groups is 1. The van der Waals surface area contributed by atoms with Crippen LogP contribution in [0, 0.1) is 0 Å². The molecule has 3 rings (SSSR count). The molecule has 1 amide bonds. The number of hydrogen-bond donors (Lipinski definition) is 1. The number of rotatable bonds is 3. The van der Waals surface area contributed by atoms with Crippen molar-refractivity contribution < 1.29 is 9.90 Å². The maximum Gasteiger partial charge on any atom is 0.227 e. The predicted octanol–water partition coefficient (Wildman–Crippen LogP) is 1.94. The van der Waals surface area contributed by atoms with Crippen LogP contribution >= 0.6 is 11.6 Å². The summed E-state index contributed by atoms with van der Waals surface area (Å²) >= 11 is 6.13. The molecule has 2 atom stereocenters. The Labute approximate surface area is 136 Å². The Hall–Kier alpha value is -1.10. The van der Waals surface area contributed by atoms with Gasteiger partial charge in [-0.15, -0.1) is 0 Å². The minimum absolute atomic E-state index is 0.139. The normalized spacial score (nSPS) is 26.4. The van der Waals surface area contributed by atoms with Gasteiger partial charge in [0.25, 0.3) is 0 Å². The van der Waals surface area contributed by atoms with Gasteiger partial charge >= 0.3 is 0 Å². The van der Waals surface area contributed by atoms with Gasteiger partial charge in [0.15, 0.2) is 0 Å². The molecule has 2 unspecified atom stereocenters. The van der Waals surface area contributed by atoms with E-state index >= 15 is 0 Å². The molecule has 1 N–H and O–H groups in total. The van der Waals surface area contributed by atoms with Crippen LogP contribution in [-0.4, -0.2) is 59.1 Å². The summed E-state index contributed by atoms with van der Waals surface area (Å²) in [7, 11) is 0. The van der Waals surface area contributed by atoms with Crippen LogP contribution in [0.2, 0.25) is 5.02 Å². The summed E-state index contributed by atoms with van der Waals surface area (Å²) in [4.78, 5) is 16.7. The van der Waals surface area contributed by atoms with Gasteiger partial charge in [0, 0.05) is 37.2 Å². The van der Waals surface area contributed by atoms with Crippen molar-refractivity contribution >= 4 is 17.5 Å². The lowest BCUT2D eigenvalue weighted by molar-refractivity contribution is -0.132. The minimum atomic E-state index is -0.189. The van der Waals surface area contributed by atoms with E-state index in [-0.39, 0.29) is 12.0 Å². The zero-order valence-electron chi connectivity index (χ0n) is 12.7. The highest BCUT2D eigenvalue weighted by Gasteiger charge is 2.33. The van der Waals surface area contributed by atoms with Crippen LogP contribution in [0.1, 0.15) is 24.8 Å². The van der Waals surface area contributed by atoms with Crippen molar-refractivity contribution in [2.45, 2.75) is 37.8 Å². The van der Waals surface area contributed by atoms with Crippen LogP contribution in [0.25, 0.3) is 0 Å². The average molecular weight is 323 g/mol. The Morgan fingerprint density at radius 1 is 1.18 bits per heavy atom. The second-order valence-corrected chi connectivity index (χ2v) is 6.66. The fourth-order valence-corrected chi connectivity index (χ4v) is 3.77. The average Bonchev–Trinajstić information content (AvgIpc) is 2.96. The Balaban J connectivity index is 1.53. The highest BCUT2D eigenvalue weighted by Crippen LogP contribution is 2.25. The molecular formula is C17H23ClN2O2. The highest BCUT2D eigenvalue weighted by atomic mass is 35.5. The Bertz CT molecular complexity index is 529. The molecule has 120 valence electrons. The number of hydrogen-bond acceptors (Lipinski definition) is 3. The zero-order chi connectivity index (χ0) is 15.5. The van der Waals surface area contributed by atoms with Crippen molar-refractivity contribution in [2.24, 2.45) is 0 Å². The Morgan fingerprint density at radius 2 is 1.91 bits per heavy atom. The van der Waals surface area contributed by atoms with Gasteiger partial charge in [-0.05, 0) is 30.9 Å². The molecule has 1 saturated heterocycles. The predicted molar refractivity (Wildman–Crippen MR) is 87.0 cm³/mol. The van der Waals surface area contributed by atoms with Crippen molar-refractivity contribution in [2.75, 3.05) is 26.2 Å². The number of amides is 1. The van der Waals surface area contributed by atoms with Gasteiger partial charge in [-0.1, -0.05) is 29.8 Å². The molecule has 1 aromatic carbocycles. The van der Waals surface area contributed by atoms with E-state index in [0.29, 0.717) is 17.5 Å². The van der Waals surface area contributed by atoms with Gasteiger partial charge in [0.05, 0.1) is 12.5 Å².